The zero-order valence-corrected chi connectivity index (χ0v) is 73.0. The highest BCUT2D eigenvalue weighted by atomic mass is 35.5. The maximum Gasteiger partial charge on any atom is 0.530 e. The Morgan fingerprint density at radius 3 is 1.16 bits per heavy atom. The van der Waals surface area contributed by atoms with Gasteiger partial charge in [0.2, 0.25) is 0 Å². The fraction of sp³-hybridized carbons (Fsp3) is 0.406. The van der Waals surface area contributed by atoms with Crippen LogP contribution in [0.3, 0.4) is 0 Å². The number of nitrogens with zero attached hydrogens (tertiary/aromatic N) is 4. The quantitative estimate of drug-likeness (QED) is 0.0243. The number of halogens is 8. The summed E-state index contributed by atoms with van der Waals surface area (Å²) in [7, 11) is -18.2. The van der Waals surface area contributed by atoms with Gasteiger partial charge >= 0.3 is 48.4 Å². The molecule has 0 amide bonds. The normalized spacial score (nSPS) is 35.3. The van der Waals surface area contributed by atoms with Crippen LogP contribution >= 0.6 is 127 Å². The van der Waals surface area contributed by atoms with Gasteiger partial charge in [-0.25, -0.2) is 50.2 Å². The predicted molar refractivity (Wildman–Crippen MR) is 433 cm³/mol. The number of ether oxygens (including phenoxy) is 4. The van der Waals surface area contributed by atoms with E-state index in [1.807, 2.05) is 0 Å². The summed E-state index contributed by atoms with van der Waals surface area (Å²) in [6, 6.07) is 17.4. The summed E-state index contributed by atoms with van der Waals surface area (Å²) in [4.78, 5) is 44.6. The number of aromatic nitrogens is 6. The van der Waals surface area contributed by atoms with Crippen molar-refractivity contribution in [3.05, 3.63) is 220 Å². The fourth-order valence-electron chi connectivity index (χ4n) is 12.0. The predicted octanol–water partition coefficient (Wildman–Crippen LogP) is 10.3. The van der Waals surface area contributed by atoms with E-state index in [2.05, 4.69) is 26.8 Å². The molecule has 55 heteroatoms. The van der Waals surface area contributed by atoms with Crippen LogP contribution in [0, 0.1) is 34.7 Å². The molecule has 4 fully saturated rings. The van der Waals surface area contributed by atoms with E-state index in [1.54, 1.807) is 19.9 Å². The van der Waals surface area contributed by atoms with Crippen molar-refractivity contribution in [3.8, 4) is 23.0 Å². The molecule has 0 aliphatic carbocycles. The zero-order valence-electron chi connectivity index (χ0n) is 69.2. The van der Waals surface area contributed by atoms with Crippen molar-refractivity contribution in [2.75, 3.05) is 26.3 Å². The highest BCUT2D eigenvalue weighted by Crippen LogP contribution is 2.60. The summed E-state index contributed by atoms with van der Waals surface area (Å²) < 4.78 is 246. The minimum Gasteiger partial charge on any atom is -0.404 e. The van der Waals surface area contributed by atoms with Crippen molar-refractivity contribution in [1.82, 2.24) is 38.9 Å². The maximum atomic E-state index is 15.9. The molecule has 0 radical (unpaired) electrons. The largest absolute Gasteiger partial charge is 0.530 e. The molecular weight excluding hydrogens is 1910 g/mol. The van der Waals surface area contributed by atoms with Crippen molar-refractivity contribution in [2.24, 2.45) is 0 Å². The van der Waals surface area contributed by atoms with Gasteiger partial charge in [0, 0.05) is 89.4 Å². The minimum atomic E-state index is -4.79. The third-order valence-electron chi connectivity index (χ3n) is 18.7. The first-order chi connectivity index (χ1) is 60.3. The van der Waals surface area contributed by atoms with E-state index >= 15 is 17.6 Å². The summed E-state index contributed by atoms with van der Waals surface area (Å²) >= 11 is 43.4. The first-order valence-electron chi connectivity index (χ1n) is 38.3. The number of thiocarbonyl (C=S) groups is 1. The monoisotopic (exact) mass is 1980 g/mol. The Labute approximate surface area is 744 Å². The third-order valence-corrected chi connectivity index (χ3v) is 26.3. The molecule has 0 saturated carbocycles. The van der Waals surface area contributed by atoms with Crippen molar-refractivity contribution in [1.29, 1.82) is 0 Å². The second-order valence-corrected chi connectivity index (χ2v) is 37.2. The summed E-state index contributed by atoms with van der Waals surface area (Å²) in [6.07, 6.45) is -22.6. The SMILES string of the molecule is Cc1cn([C@@H]2O[C@](F)(COP3(=O)OCc4cc(Cl)ccc4O3)[C@@H](O)[C@H]2O)c(=O)[nH]c1=S.[2H]C([2H])(OP1(=O)OCc2cc(Cl)ccc2O1)[C@@]1(F)O[C@@H](n2cc(C)c(=S)[nH]c2=O)[C@H](O)[C@@H]1O.[2H]C([2H])(OP1(=O)OCc2cc(Cl)ccc2O1)[C@@]1(F)O[C@@]([2H])(N2C=C(C)C(=S)NC2=C)[C@H](O)[C@@H]1O.[2H][C@@]1(n2cc(C)c(=S)[nH]c2=O)O[C@](F)(COP2(=O)OCc3cc(Cl)ccc3O2)[C@@H](O)[C@H]1O. The lowest BCUT2D eigenvalue weighted by Gasteiger charge is -2.35. The maximum absolute atomic E-state index is 15.9. The minimum absolute atomic E-state index is 0.00211. The van der Waals surface area contributed by atoms with Crippen LogP contribution in [0.4, 0.5) is 17.6 Å². The molecule has 20 atom stereocenters. The van der Waals surface area contributed by atoms with Crippen molar-refractivity contribution in [3.63, 3.8) is 0 Å². The molecular formula is C69H70Cl4F4N8O31P4S4. The van der Waals surface area contributed by atoms with E-state index < -0.39 is 172 Å². The van der Waals surface area contributed by atoms with Gasteiger partial charge in [-0.05, 0) is 100 Å². The van der Waals surface area contributed by atoms with Crippen LogP contribution in [0.1, 0.15) is 72.8 Å². The number of aryl methyl sites for hydroxylation is 3. The molecule has 16 rings (SSSR count). The summed E-state index contributed by atoms with van der Waals surface area (Å²) in [5, 5.41) is 86.8. The van der Waals surface area contributed by atoms with Crippen LogP contribution in [0.15, 0.2) is 130 Å². The Bertz CT molecular complexity index is 6360. The van der Waals surface area contributed by atoms with E-state index in [0.29, 0.717) is 73.7 Å². The number of phosphoric ester groups is 4. The molecule has 124 heavy (non-hydrogen) atoms. The first kappa shape index (κ1) is 86.9. The number of benzene rings is 4. The topological polar surface area (TPSA) is 506 Å². The number of aromatic amines is 3. The Morgan fingerprint density at radius 2 is 0.774 bits per heavy atom. The summed E-state index contributed by atoms with van der Waals surface area (Å²) in [6.45, 7) is -1.08. The number of hydrogen-bond acceptors (Lipinski definition) is 36. The van der Waals surface area contributed by atoms with E-state index in [4.69, 9.17) is 177 Å². The fourth-order valence-corrected chi connectivity index (χ4v) is 18.0. The van der Waals surface area contributed by atoms with E-state index in [0.717, 1.165) is 21.9 Å². The van der Waals surface area contributed by atoms with E-state index in [9.17, 15) is 73.5 Å². The van der Waals surface area contributed by atoms with Crippen LogP contribution in [0.25, 0.3) is 0 Å². The average molecular weight is 1980 g/mol. The van der Waals surface area contributed by atoms with Gasteiger partial charge in [0.25, 0.3) is 23.4 Å². The molecule has 4 aromatic carbocycles. The van der Waals surface area contributed by atoms with Gasteiger partial charge in [-0.3, -0.25) is 64.8 Å². The lowest BCUT2D eigenvalue weighted by Crippen LogP contribution is -2.47. The van der Waals surface area contributed by atoms with Gasteiger partial charge in [-0.2, -0.15) is 0 Å². The number of aliphatic hydroxyl groups is 8. The molecule has 39 nitrogen and oxygen atoms in total. The lowest BCUT2D eigenvalue weighted by atomic mass is 10.1. The molecule has 7 aromatic rings. The smallest absolute Gasteiger partial charge is 0.404 e. The molecule has 0 spiro atoms. The highest BCUT2D eigenvalue weighted by Gasteiger charge is 2.62. The first-order valence-corrected chi connectivity index (χ1v) is 44.3. The van der Waals surface area contributed by atoms with Crippen LogP contribution in [0.2, 0.25) is 20.1 Å². The average Bonchev–Trinajstić information content (AvgIpc) is 1.56. The molecule has 4 unspecified atom stereocenters. The number of phosphoric acid groups is 4. The van der Waals surface area contributed by atoms with Crippen molar-refractivity contribution >= 4 is 132 Å². The molecule has 3 aromatic heterocycles. The molecule has 12 N–H and O–H groups in total. The third kappa shape index (κ3) is 20.3. The van der Waals surface area contributed by atoms with Crippen molar-refractivity contribution < 1.29 is 158 Å². The van der Waals surface area contributed by atoms with Crippen LogP contribution in [-0.4, -0.2) is 184 Å². The van der Waals surface area contributed by atoms with Crippen LogP contribution < -0.4 is 40.5 Å². The number of nitrogens with one attached hydrogen (secondary N) is 4. The molecule has 9 aliphatic rings. The summed E-state index contributed by atoms with van der Waals surface area (Å²) in [5.41, 5.74) is 0.639. The molecule has 672 valence electrons. The number of fused-ring (bicyclic) bond motifs is 4. The molecule has 12 heterocycles. The number of aliphatic hydroxyl groups excluding tert-OH is 8. The lowest BCUT2D eigenvalue weighted by molar-refractivity contribution is -0.207. The Morgan fingerprint density at radius 1 is 0.476 bits per heavy atom. The van der Waals surface area contributed by atoms with Crippen molar-refractivity contribution in [2.45, 2.75) is 151 Å². The molecule has 9 aliphatic heterocycles. The second-order valence-electron chi connectivity index (χ2n) is 27.6. The van der Waals surface area contributed by atoms with Crippen LogP contribution in [-0.2, 0) is 99.8 Å². The Balaban J connectivity index is 0.000000148. The van der Waals surface area contributed by atoms with Gasteiger partial charge in [0.1, 0.15) is 123 Å². The van der Waals surface area contributed by atoms with Gasteiger partial charge in [0.15, 0.2) is 24.9 Å². The number of alkyl halides is 4. The van der Waals surface area contributed by atoms with E-state index in [1.165, 1.54) is 93.0 Å². The van der Waals surface area contributed by atoms with Gasteiger partial charge in [-0.1, -0.05) is 102 Å². The number of rotatable bonds is 16. The molecule has 0 bridgehead atoms. The number of hydrogen-bond donors (Lipinski definition) is 12. The summed E-state index contributed by atoms with van der Waals surface area (Å²) in [5.74, 6) is -13.7. The Hall–Kier alpha value is -6.45. The zero-order chi connectivity index (χ0) is 95.6. The van der Waals surface area contributed by atoms with Gasteiger partial charge in [-0.15, -0.1) is 0 Å². The highest BCUT2D eigenvalue weighted by molar-refractivity contribution is 7.80. The Kier molecular flexibility index (Phi) is 25.8. The number of H-pyrrole nitrogens is 3. The van der Waals surface area contributed by atoms with Crippen LogP contribution in [0.5, 0.6) is 23.0 Å². The standard InChI is InChI=1S/C18H19ClFN2O7PS.3C17H17ClFN2O8PS/c1-9-6-22(10(2)21-16(9)31)17-14(23)15(24)18(20,28-17)8-27-30(25)26-7-11-5-12(19)3-4-13(11)29-30;3*1-8-5-21(16(24)20-14(8)31)15-12(22)13(23)17(19,28-15)7-27-30(25)26-6-9-4-10(18)2-3-11(9)29-30/h3-6,14-15,17,23-24H,2,7-8H2,1H3,(H,21,31);3*2-5,12-13,15,22-23H,6-7H2,1H3,(H,20,24,31)/t14-,15+,17-,18-,30?;3*12-,13+,15-,17-,30?/m1111/s1/i8D2,17D;15D;7D2;. The van der Waals surface area contributed by atoms with E-state index in [-0.39, 0.29) is 74.2 Å². The second kappa shape index (κ2) is 36.8. The molecule has 4 saturated heterocycles. The van der Waals surface area contributed by atoms with Gasteiger partial charge in [0.05, 0.1) is 34.7 Å². The van der Waals surface area contributed by atoms with Gasteiger partial charge < -0.3 is 88.1 Å².